The monoisotopic (exact) mass is 1700 g/mol. The summed E-state index contributed by atoms with van der Waals surface area (Å²) in [5.41, 5.74) is 52.9. The number of primary amides is 1. The number of nitrogens with zero attached hydrogens (tertiary/aromatic N) is 13. The second kappa shape index (κ2) is 48.3. The van der Waals surface area contributed by atoms with Crippen LogP contribution in [-0.2, 0) is 74.1 Å². The molecule has 6 aromatic heterocycles. The van der Waals surface area contributed by atoms with E-state index >= 15 is 4.79 Å². The smallest absolute Gasteiger partial charge is 0.349 e. The number of carbonyl (C=O) groups is 10. The van der Waals surface area contributed by atoms with E-state index in [0.29, 0.717) is 45.2 Å². The summed E-state index contributed by atoms with van der Waals surface area (Å²) in [6, 6.07) is -4.92. The van der Waals surface area contributed by atoms with E-state index in [4.69, 9.17) is 73.6 Å². The molecule has 0 aliphatic heterocycles. The van der Waals surface area contributed by atoms with Crippen LogP contribution in [0.5, 0.6) is 0 Å². The topological polar surface area (TPSA) is 829 Å². The molecule has 0 bridgehead atoms. The van der Waals surface area contributed by atoms with Gasteiger partial charge in [-0.25, -0.2) is 19.6 Å². The van der Waals surface area contributed by atoms with Crippen LogP contribution in [0.25, 0.3) is 22.3 Å². The second-order valence-electron chi connectivity index (χ2n) is 28.1. The number of imidazole rings is 2. The molecule has 0 radical (unpaired) electrons. The highest BCUT2D eigenvalue weighted by Crippen LogP contribution is 2.18. The summed E-state index contributed by atoms with van der Waals surface area (Å²) in [4.78, 5) is 240. The van der Waals surface area contributed by atoms with Crippen LogP contribution in [0.1, 0.15) is 82.6 Å². The first-order chi connectivity index (χ1) is 57.6. The molecule has 52 heteroatoms. The summed E-state index contributed by atoms with van der Waals surface area (Å²) >= 11 is 0. The lowest BCUT2D eigenvalue weighted by Gasteiger charge is -2.33. The number of H-pyrrole nitrogens is 3. The standard InChI is InChI=1S/C69H111N37O15/c1-39-31-101(69(121)98-58(39)115)33-49(110)99(32-48(109)84-22-27-104(51(112)35-102-37-91-53-56(102)94-66(81)96-61(53)118)43(12-7-18-88-64(77)78)46(108)30-90-41(55(74)114)10-3-5-16-71)25-21-86-60(117)44(13-8-19-89-65(79)80)106(50(111)34-100-24-14-47(73)93-68(100)120)26-20-83-29-45(107)42(11-6-17-87-63(75)76)105(28-23-85-59(116)40(72)9-2-4-15-70)52(113)36-103-38-92-54-57(103)95-67(82)97-62(54)119/h14,24,31,37-38,40-44,83,90H,2-13,15-23,25-30,32-36,70-72H2,1H3,(H2,74,114)(H,84,109)(H,85,116)(H,86,117)(H2,73,93,120)(H4,75,76,87)(H4,77,78,88)(H4,79,80,89)(H,98,115,121)(H3,81,94,96,118)(H3,82,95,97,119)/t40-,41-,42-,43-,44-/m0/s1. The SMILES string of the molecule is Cc1cn(CC(=O)N(CCNC(=O)[C@H](CCCNC(=N)N)N(CCNCC(=O)[C@H](CCCNC(=N)N)N(CCNC(=O)[C@@H](N)CCCCN)C(=O)Cn2cnc3c(=O)[nH]c(N)nc32)C(=O)Cn2ccc(N)nc2=O)CC(=O)NCCN(C(=O)Cn2cnc3c(=O)[nH]c(N)nc32)[C@@H](CCCNC(=N)N)C(=O)CN[C@@H](CCCCN)C(N)=O)c(=O)[nH]c1=O. The fourth-order valence-corrected chi connectivity index (χ4v) is 12.8. The Morgan fingerprint density at radius 3 is 1.47 bits per heavy atom. The van der Waals surface area contributed by atoms with E-state index in [-0.39, 0.29) is 130 Å². The van der Waals surface area contributed by atoms with Crippen molar-refractivity contribution in [2.24, 2.45) is 40.1 Å². The number of carbonyl (C=O) groups excluding carboxylic acids is 10. The van der Waals surface area contributed by atoms with Gasteiger partial charge in [0, 0.05) is 89.9 Å². The lowest BCUT2D eigenvalue weighted by Crippen LogP contribution is -2.55. The predicted molar refractivity (Wildman–Crippen MR) is 441 cm³/mol. The molecule has 662 valence electrons. The largest absolute Gasteiger partial charge is 0.383 e. The van der Waals surface area contributed by atoms with Gasteiger partial charge in [0.1, 0.15) is 38.0 Å². The number of nitrogen functional groups attached to an aromatic ring is 3. The molecule has 0 aliphatic rings. The Balaban J connectivity index is 1.31. The third-order valence-corrected chi connectivity index (χ3v) is 19.0. The van der Waals surface area contributed by atoms with Gasteiger partial charge in [0.25, 0.3) is 16.7 Å². The number of Topliss-reactive ketones (excluding diaryl/α,β-unsaturated/α-hetero) is 2. The van der Waals surface area contributed by atoms with Crippen LogP contribution in [0.2, 0.25) is 0 Å². The van der Waals surface area contributed by atoms with E-state index in [1.54, 1.807) is 0 Å². The van der Waals surface area contributed by atoms with Gasteiger partial charge in [-0.1, -0.05) is 12.8 Å². The molecule has 0 aromatic carbocycles. The van der Waals surface area contributed by atoms with Crippen LogP contribution < -0.4 is 128 Å². The number of aryl methyl sites for hydroxylation is 1. The summed E-state index contributed by atoms with van der Waals surface area (Å²) in [6.45, 7) is -5.75. The van der Waals surface area contributed by atoms with Gasteiger partial charge >= 0.3 is 11.4 Å². The van der Waals surface area contributed by atoms with Crippen LogP contribution in [0, 0.1) is 23.2 Å². The highest BCUT2D eigenvalue weighted by atomic mass is 16.2. The van der Waals surface area contributed by atoms with Crippen LogP contribution >= 0.6 is 0 Å². The number of guanidine groups is 3. The molecule has 6 aromatic rings. The minimum absolute atomic E-state index is 0.0135. The molecule has 52 nitrogen and oxygen atoms in total. The van der Waals surface area contributed by atoms with Gasteiger partial charge in [0.05, 0.1) is 56.5 Å². The molecule has 0 saturated heterocycles. The van der Waals surface area contributed by atoms with Crippen molar-refractivity contribution in [3.63, 3.8) is 0 Å². The number of nitrogens with two attached hydrogens (primary N) is 10. The Bertz CT molecular complexity index is 4930. The van der Waals surface area contributed by atoms with Crippen LogP contribution in [0.15, 0.2) is 55.1 Å². The van der Waals surface area contributed by atoms with E-state index in [1.807, 2.05) is 0 Å². The van der Waals surface area contributed by atoms with Crippen LogP contribution in [0.3, 0.4) is 0 Å². The van der Waals surface area contributed by atoms with Gasteiger partial charge < -0.3 is 123 Å². The molecule has 6 heterocycles. The van der Waals surface area contributed by atoms with E-state index in [1.165, 1.54) is 39.5 Å². The quantitative estimate of drug-likeness (QED) is 0.00958. The molecule has 0 unspecified atom stereocenters. The lowest BCUT2D eigenvalue weighted by atomic mass is 10.0. The fraction of sp³-hybridized carbons (Fsp3) is 0.551. The molecular weight excluding hydrogens is 1590 g/mol. The Labute approximate surface area is 689 Å². The molecule has 8 amide bonds. The molecule has 6 rings (SSSR count). The number of anilines is 3. The predicted octanol–water partition coefficient (Wildman–Crippen LogP) is -11.6. The molecule has 0 spiro atoms. The maximum atomic E-state index is 15.1. The average molecular weight is 1700 g/mol. The van der Waals surface area contributed by atoms with Gasteiger partial charge in [-0.3, -0.25) is 108 Å². The molecule has 0 fully saturated rings. The number of hydrogen-bond donors (Lipinski definition) is 24. The number of hydrogen-bond acceptors (Lipinski definition) is 31. The Morgan fingerprint density at radius 2 is 0.959 bits per heavy atom. The number of rotatable bonds is 55. The Morgan fingerprint density at radius 1 is 0.496 bits per heavy atom. The van der Waals surface area contributed by atoms with Gasteiger partial charge in [-0.05, 0) is 90.3 Å². The van der Waals surface area contributed by atoms with Crippen molar-refractivity contribution in [3.8, 4) is 0 Å². The van der Waals surface area contributed by atoms with Crippen molar-refractivity contribution in [1.82, 2.24) is 120 Å². The number of unbranched alkanes of at least 4 members (excludes halogenated alkanes) is 2. The van der Waals surface area contributed by atoms with Gasteiger partial charge in [0.15, 0.2) is 51.8 Å². The van der Waals surface area contributed by atoms with Crippen molar-refractivity contribution in [2.45, 2.75) is 140 Å². The normalized spacial score (nSPS) is 12.4. The molecule has 5 atom stereocenters. The summed E-state index contributed by atoms with van der Waals surface area (Å²) in [5, 5.41) is 45.1. The van der Waals surface area contributed by atoms with Gasteiger partial charge in [-0.15, -0.1) is 0 Å². The second-order valence-corrected chi connectivity index (χ2v) is 28.1. The third-order valence-electron chi connectivity index (χ3n) is 19.0. The molecular formula is C69H111N37O15. The number of aromatic amines is 3. The summed E-state index contributed by atoms with van der Waals surface area (Å²) in [7, 11) is 0. The maximum Gasteiger partial charge on any atom is 0.349 e. The maximum absolute atomic E-state index is 15.1. The third kappa shape index (κ3) is 30.7. The summed E-state index contributed by atoms with van der Waals surface area (Å²) < 4.78 is 4.20. The number of nitrogens with one attached hydrogen (secondary N) is 14. The van der Waals surface area contributed by atoms with E-state index in [0.717, 1.165) is 36.4 Å². The first-order valence-electron chi connectivity index (χ1n) is 38.8. The first-order valence-corrected chi connectivity index (χ1v) is 38.8. The van der Waals surface area contributed by atoms with Crippen molar-refractivity contribution >= 4 is 117 Å². The number of amides is 8. The van der Waals surface area contributed by atoms with Crippen molar-refractivity contribution < 1.29 is 47.9 Å². The van der Waals surface area contributed by atoms with E-state index in [2.05, 4.69) is 82.4 Å². The van der Waals surface area contributed by atoms with Crippen molar-refractivity contribution in [1.29, 1.82) is 16.2 Å². The number of aromatic nitrogens is 12. The Hall–Kier alpha value is -13.6. The van der Waals surface area contributed by atoms with Crippen LogP contribution in [0.4, 0.5) is 17.7 Å². The van der Waals surface area contributed by atoms with Gasteiger partial charge in [0.2, 0.25) is 59.2 Å². The van der Waals surface area contributed by atoms with Crippen LogP contribution in [-0.4, -0.2) is 289 Å². The summed E-state index contributed by atoms with van der Waals surface area (Å²) in [5.74, 6) is -9.79. The average Bonchev–Trinajstić information content (AvgIpc) is 1.63. The zero-order valence-corrected chi connectivity index (χ0v) is 67.1. The van der Waals surface area contributed by atoms with Crippen molar-refractivity contribution in [2.75, 3.05) is 122 Å². The Kier molecular flexibility index (Phi) is 38.4. The summed E-state index contributed by atoms with van der Waals surface area (Å²) in [6.07, 6.45) is 7.08. The van der Waals surface area contributed by atoms with E-state index in [9.17, 15) is 67.1 Å². The minimum atomic E-state index is -1.53. The zero-order valence-electron chi connectivity index (χ0n) is 67.1. The number of fused-ring (bicyclic) bond motifs is 2. The highest BCUT2D eigenvalue weighted by Gasteiger charge is 2.35. The molecule has 0 saturated carbocycles. The minimum Gasteiger partial charge on any atom is -0.383 e. The number of ketones is 2. The lowest BCUT2D eigenvalue weighted by molar-refractivity contribution is -0.141. The van der Waals surface area contributed by atoms with Gasteiger partial charge in [-0.2, -0.15) is 15.0 Å². The zero-order chi connectivity index (χ0) is 89.0. The molecule has 121 heavy (non-hydrogen) atoms. The first kappa shape index (κ1) is 96.2. The highest BCUT2D eigenvalue weighted by molar-refractivity contribution is 5.93. The molecule has 0 aliphatic carbocycles. The fourth-order valence-electron chi connectivity index (χ4n) is 12.8. The molecule has 34 N–H and O–H groups in total. The van der Waals surface area contributed by atoms with E-state index < -0.39 is 214 Å². The van der Waals surface area contributed by atoms with Crippen molar-refractivity contribution in [3.05, 3.63) is 88.7 Å².